The van der Waals surface area contributed by atoms with Crippen molar-refractivity contribution in [1.29, 1.82) is 0 Å². The van der Waals surface area contributed by atoms with Crippen molar-refractivity contribution in [1.82, 2.24) is 5.32 Å². The molecule has 0 spiro atoms. The van der Waals surface area contributed by atoms with Gasteiger partial charge in [-0.3, -0.25) is 4.79 Å². The Kier molecular flexibility index (Phi) is 36.8. The van der Waals surface area contributed by atoms with Gasteiger partial charge in [-0.2, -0.15) is 0 Å². The van der Waals surface area contributed by atoms with Gasteiger partial charge in [-0.15, -0.1) is 0 Å². The lowest BCUT2D eigenvalue weighted by atomic mass is 9.99. The van der Waals surface area contributed by atoms with Crippen LogP contribution in [0.15, 0.2) is 72.9 Å². The van der Waals surface area contributed by atoms with Gasteiger partial charge < -0.3 is 40.3 Å². The van der Waals surface area contributed by atoms with Crippen LogP contribution in [0, 0.1) is 0 Å². The topological polar surface area (TPSA) is 149 Å². The lowest BCUT2D eigenvalue weighted by Crippen LogP contribution is -2.60. The Morgan fingerprint density at radius 2 is 1.07 bits per heavy atom. The molecule has 0 bridgehead atoms. The van der Waals surface area contributed by atoms with Gasteiger partial charge in [0.1, 0.15) is 24.4 Å². The molecule has 1 aliphatic heterocycles. The lowest BCUT2D eigenvalue weighted by Gasteiger charge is -2.40. The number of carbonyl (C=O) groups excluding carboxylic acids is 1. The molecule has 1 aliphatic rings. The van der Waals surface area contributed by atoms with Gasteiger partial charge in [0.05, 0.1) is 25.4 Å². The highest BCUT2D eigenvalue weighted by Crippen LogP contribution is 2.22. The van der Waals surface area contributed by atoms with Crippen molar-refractivity contribution < 1.29 is 39.8 Å². The van der Waals surface area contributed by atoms with E-state index in [-0.39, 0.29) is 18.9 Å². The van der Waals surface area contributed by atoms with Crippen molar-refractivity contribution in [2.75, 3.05) is 13.2 Å². The third kappa shape index (κ3) is 30.3. The van der Waals surface area contributed by atoms with Crippen LogP contribution in [0.3, 0.4) is 0 Å². The first-order valence-electron chi connectivity index (χ1n) is 23.7. The second-order valence-corrected chi connectivity index (χ2v) is 16.2. The summed E-state index contributed by atoms with van der Waals surface area (Å²) in [6.45, 7) is 3.59. The first-order chi connectivity index (χ1) is 28.8. The largest absolute Gasteiger partial charge is 0.394 e. The van der Waals surface area contributed by atoms with Crippen LogP contribution in [0.5, 0.6) is 0 Å². The predicted octanol–water partition coefficient (Wildman–Crippen LogP) is 10.2. The number of hydrogen-bond donors (Lipinski definition) is 6. The fourth-order valence-corrected chi connectivity index (χ4v) is 7.01. The molecule has 0 saturated carbocycles. The molecule has 0 aromatic carbocycles. The van der Waals surface area contributed by atoms with Crippen LogP contribution in [0.25, 0.3) is 0 Å². The van der Waals surface area contributed by atoms with E-state index < -0.39 is 49.5 Å². The van der Waals surface area contributed by atoms with Crippen molar-refractivity contribution in [3.05, 3.63) is 72.9 Å². The normalized spacial score (nSPS) is 21.4. The summed E-state index contributed by atoms with van der Waals surface area (Å²) in [6, 6.07) is -0.862. The maximum absolute atomic E-state index is 12.9. The smallest absolute Gasteiger partial charge is 0.220 e. The zero-order valence-electron chi connectivity index (χ0n) is 37.2. The minimum Gasteiger partial charge on any atom is -0.394 e. The molecule has 9 nitrogen and oxygen atoms in total. The average Bonchev–Trinajstić information content (AvgIpc) is 3.23. The van der Waals surface area contributed by atoms with Gasteiger partial charge in [0.25, 0.3) is 0 Å². The van der Waals surface area contributed by atoms with Gasteiger partial charge in [-0.05, 0) is 57.8 Å². The Hall–Kier alpha value is -2.37. The predicted molar refractivity (Wildman–Crippen MR) is 244 cm³/mol. The van der Waals surface area contributed by atoms with E-state index in [9.17, 15) is 30.3 Å². The van der Waals surface area contributed by atoms with Crippen molar-refractivity contribution in [2.24, 2.45) is 0 Å². The Morgan fingerprint density at radius 3 is 1.61 bits per heavy atom. The van der Waals surface area contributed by atoms with Gasteiger partial charge in [-0.1, -0.05) is 189 Å². The van der Waals surface area contributed by atoms with Gasteiger partial charge >= 0.3 is 0 Å². The summed E-state index contributed by atoms with van der Waals surface area (Å²) in [5.74, 6) is -0.269. The summed E-state index contributed by atoms with van der Waals surface area (Å²) in [6.07, 6.45) is 46.9. The first kappa shape index (κ1) is 54.6. The number of ether oxygens (including phenoxy) is 2. The standard InChI is InChI=1S/C50H87NO8/c1-3-5-7-9-11-13-15-17-18-19-20-21-22-23-24-25-26-28-29-31-33-35-37-39-44(53)43(42-58-50-49(57)48(56)47(55)45(41-52)59-50)51-46(54)40-38-36-34-32-30-27-16-14-12-10-8-6-4-2/h6,8,12,14,27,29-31,34,36-37,39,43-45,47-50,52-53,55-57H,3-5,7,9-11,13,15-26,28,32-33,35,38,40-42H2,1-2H3,(H,51,54)/b8-6-,14-12-,30-27-,31-29+,36-34-,39-37+. The van der Waals surface area contributed by atoms with Gasteiger partial charge in [0.15, 0.2) is 6.29 Å². The highest BCUT2D eigenvalue weighted by atomic mass is 16.7. The highest BCUT2D eigenvalue weighted by molar-refractivity contribution is 5.76. The number of hydrogen-bond acceptors (Lipinski definition) is 8. The van der Waals surface area contributed by atoms with Crippen LogP contribution in [0.4, 0.5) is 0 Å². The van der Waals surface area contributed by atoms with E-state index in [0.29, 0.717) is 6.42 Å². The van der Waals surface area contributed by atoms with Crippen molar-refractivity contribution >= 4 is 5.91 Å². The Morgan fingerprint density at radius 1 is 0.593 bits per heavy atom. The molecular weight excluding hydrogens is 743 g/mol. The van der Waals surface area contributed by atoms with E-state index in [1.54, 1.807) is 6.08 Å². The number of allylic oxidation sites excluding steroid dienone is 11. The summed E-state index contributed by atoms with van der Waals surface area (Å²) in [4.78, 5) is 12.9. The highest BCUT2D eigenvalue weighted by Gasteiger charge is 2.44. The van der Waals surface area contributed by atoms with E-state index in [1.165, 1.54) is 109 Å². The summed E-state index contributed by atoms with van der Waals surface area (Å²) in [5.41, 5.74) is 0. The van der Waals surface area contributed by atoms with E-state index in [1.807, 2.05) is 18.2 Å². The molecule has 1 amide bonds. The number of carbonyl (C=O) groups is 1. The zero-order chi connectivity index (χ0) is 43.0. The molecule has 340 valence electrons. The van der Waals surface area contributed by atoms with Crippen LogP contribution in [0.2, 0.25) is 0 Å². The van der Waals surface area contributed by atoms with Gasteiger partial charge in [-0.25, -0.2) is 0 Å². The van der Waals surface area contributed by atoms with E-state index >= 15 is 0 Å². The molecule has 0 aliphatic carbocycles. The molecule has 6 N–H and O–H groups in total. The first-order valence-corrected chi connectivity index (χ1v) is 23.7. The summed E-state index contributed by atoms with van der Waals surface area (Å²) >= 11 is 0. The third-order valence-electron chi connectivity index (χ3n) is 10.8. The molecule has 0 radical (unpaired) electrons. The summed E-state index contributed by atoms with van der Waals surface area (Å²) < 4.78 is 11.2. The second-order valence-electron chi connectivity index (χ2n) is 16.2. The number of unbranched alkanes of at least 4 members (excludes halogenated alkanes) is 18. The molecule has 1 heterocycles. The summed E-state index contributed by atoms with van der Waals surface area (Å²) in [7, 11) is 0. The lowest BCUT2D eigenvalue weighted by molar-refractivity contribution is -0.302. The van der Waals surface area contributed by atoms with Crippen LogP contribution in [0.1, 0.15) is 181 Å². The maximum atomic E-state index is 12.9. The quantitative estimate of drug-likeness (QED) is 0.0266. The number of aliphatic hydroxyl groups is 5. The van der Waals surface area contributed by atoms with E-state index in [0.717, 1.165) is 44.9 Å². The van der Waals surface area contributed by atoms with Crippen LogP contribution in [-0.2, 0) is 14.3 Å². The average molecular weight is 830 g/mol. The van der Waals surface area contributed by atoms with Crippen LogP contribution < -0.4 is 5.32 Å². The van der Waals surface area contributed by atoms with Crippen LogP contribution in [-0.4, -0.2) is 87.5 Å². The SMILES string of the molecule is CC/C=C\C/C=C\C/C=C\C/C=C\CCC(=O)NC(COC1OC(CO)C(O)C(O)C1O)C(O)/C=C/CC/C=C/CCCCCCCCCCCCCCCCCCC. The van der Waals surface area contributed by atoms with Crippen molar-refractivity contribution in [3.8, 4) is 0 Å². The number of rotatable bonds is 38. The molecule has 0 aromatic heterocycles. The molecular formula is C50H87NO8. The fraction of sp³-hybridized carbons (Fsp3) is 0.740. The molecule has 59 heavy (non-hydrogen) atoms. The molecule has 9 heteroatoms. The Labute approximate surface area is 359 Å². The summed E-state index contributed by atoms with van der Waals surface area (Å²) in [5, 5.41) is 54.1. The monoisotopic (exact) mass is 830 g/mol. The van der Waals surface area contributed by atoms with Crippen molar-refractivity contribution in [2.45, 2.75) is 224 Å². The molecule has 7 unspecified atom stereocenters. The second kappa shape index (κ2) is 39.7. The minimum absolute atomic E-state index is 0.214. The maximum Gasteiger partial charge on any atom is 0.220 e. The molecule has 7 atom stereocenters. The number of amides is 1. The molecule has 1 fully saturated rings. The minimum atomic E-state index is -1.59. The van der Waals surface area contributed by atoms with Gasteiger partial charge in [0, 0.05) is 6.42 Å². The molecule has 1 rings (SSSR count). The number of nitrogens with one attached hydrogen (secondary N) is 1. The number of aliphatic hydroxyl groups excluding tert-OH is 5. The Bertz CT molecular complexity index is 1150. The molecule has 0 aromatic rings. The van der Waals surface area contributed by atoms with Crippen LogP contribution >= 0.6 is 0 Å². The van der Waals surface area contributed by atoms with E-state index in [4.69, 9.17) is 9.47 Å². The molecule has 1 saturated heterocycles. The Balaban J connectivity index is 2.37. The zero-order valence-corrected chi connectivity index (χ0v) is 37.2. The third-order valence-corrected chi connectivity index (χ3v) is 10.8. The fourth-order valence-electron chi connectivity index (χ4n) is 7.01. The van der Waals surface area contributed by atoms with E-state index in [2.05, 4.69) is 67.8 Å². The van der Waals surface area contributed by atoms with Crippen molar-refractivity contribution in [3.63, 3.8) is 0 Å². The van der Waals surface area contributed by atoms with Gasteiger partial charge in [0.2, 0.25) is 5.91 Å².